The van der Waals surface area contributed by atoms with E-state index in [9.17, 15) is 17.6 Å². The molecule has 0 bridgehead atoms. The molecule has 178 valence electrons. The minimum atomic E-state index is -3.63. The Balaban J connectivity index is 1.24. The van der Waals surface area contributed by atoms with Gasteiger partial charge in [-0.2, -0.15) is 4.31 Å². The summed E-state index contributed by atoms with van der Waals surface area (Å²) < 4.78 is 40.4. The molecule has 1 aromatic carbocycles. The lowest BCUT2D eigenvalue weighted by Gasteiger charge is -2.34. The van der Waals surface area contributed by atoms with Crippen molar-refractivity contribution < 1.29 is 17.6 Å². The van der Waals surface area contributed by atoms with Gasteiger partial charge in [0.15, 0.2) is 0 Å². The van der Waals surface area contributed by atoms with Gasteiger partial charge in [-0.15, -0.1) is 11.3 Å². The molecule has 1 amide bonds. The first-order chi connectivity index (χ1) is 15.9. The molecule has 2 heterocycles. The molecule has 0 radical (unpaired) electrons. The zero-order chi connectivity index (χ0) is 23.0. The largest absolute Gasteiger partial charge is 0.331 e. The second-order valence-corrected chi connectivity index (χ2v) is 12.3. The molecule has 2 aliphatic carbocycles. The predicted octanol–water partition coefficient (Wildman–Crippen LogP) is 4.79. The average Bonchev–Trinajstić information content (AvgIpc) is 3.54. The lowest BCUT2D eigenvalue weighted by molar-refractivity contribution is 0.0608. The molecule has 0 unspecified atom stereocenters. The highest BCUT2D eigenvalue weighted by atomic mass is 32.2. The molecule has 9 heteroatoms. The number of rotatable bonds is 6. The first-order valence-corrected chi connectivity index (χ1v) is 14.3. The average molecular weight is 492 g/mol. The van der Waals surface area contributed by atoms with Crippen LogP contribution in [0.15, 0.2) is 34.5 Å². The maximum Gasteiger partial charge on any atom is 0.273 e. The first-order valence-electron chi connectivity index (χ1n) is 12.0. The number of hydrogen-bond donors (Lipinski definition) is 0. The molecule has 0 N–H and O–H groups in total. The van der Waals surface area contributed by atoms with Crippen LogP contribution in [0.3, 0.4) is 0 Å². The van der Waals surface area contributed by atoms with Gasteiger partial charge in [-0.05, 0) is 62.8 Å². The molecule has 2 aromatic rings. The van der Waals surface area contributed by atoms with E-state index in [-0.39, 0.29) is 16.7 Å². The second-order valence-electron chi connectivity index (χ2n) is 9.44. The van der Waals surface area contributed by atoms with E-state index in [1.54, 1.807) is 0 Å². The molecule has 6 nitrogen and oxygen atoms in total. The Morgan fingerprint density at radius 2 is 1.61 bits per heavy atom. The Morgan fingerprint density at radius 1 is 0.970 bits per heavy atom. The molecule has 1 aliphatic heterocycles. The molecule has 33 heavy (non-hydrogen) atoms. The highest BCUT2D eigenvalue weighted by molar-refractivity contribution is 7.89. The number of piperidine rings is 1. The van der Waals surface area contributed by atoms with Gasteiger partial charge < -0.3 is 4.90 Å². The van der Waals surface area contributed by atoms with Gasteiger partial charge in [0.2, 0.25) is 10.0 Å². The van der Waals surface area contributed by atoms with Crippen LogP contribution in [-0.2, 0) is 10.0 Å². The summed E-state index contributed by atoms with van der Waals surface area (Å²) in [6.45, 7) is 0.785. The van der Waals surface area contributed by atoms with E-state index in [4.69, 9.17) is 4.98 Å². The molecule has 2 saturated carbocycles. The Kier molecular flexibility index (Phi) is 6.55. The third-order valence-corrected chi connectivity index (χ3v) is 10.1. The van der Waals surface area contributed by atoms with E-state index >= 15 is 0 Å². The lowest BCUT2D eigenvalue weighted by Crippen LogP contribution is -2.43. The summed E-state index contributed by atoms with van der Waals surface area (Å²) in [5.41, 5.74) is 0.550. The third-order valence-electron chi connectivity index (χ3n) is 7.14. The molecular weight excluding hydrogens is 461 g/mol. The summed E-state index contributed by atoms with van der Waals surface area (Å²) in [7, 11) is -3.63. The van der Waals surface area contributed by atoms with E-state index in [1.165, 1.54) is 59.2 Å². The van der Waals surface area contributed by atoms with Crippen molar-refractivity contribution in [3.05, 3.63) is 46.2 Å². The van der Waals surface area contributed by atoms with Crippen molar-refractivity contribution >= 4 is 27.3 Å². The number of carbonyl (C=O) groups is 1. The monoisotopic (exact) mass is 491 g/mol. The highest BCUT2D eigenvalue weighted by Crippen LogP contribution is 2.36. The Bertz CT molecular complexity index is 1080. The van der Waals surface area contributed by atoms with Gasteiger partial charge in [0.1, 0.15) is 11.5 Å². The molecule has 0 atom stereocenters. The Labute approximate surface area is 198 Å². The van der Waals surface area contributed by atoms with Gasteiger partial charge in [0.25, 0.3) is 5.91 Å². The minimum absolute atomic E-state index is 0.0724. The third kappa shape index (κ3) is 4.86. The summed E-state index contributed by atoms with van der Waals surface area (Å²) in [6, 6.07) is 5.70. The lowest BCUT2D eigenvalue weighted by atomic mass is 9.94. The smallest absolute Gasteiger partial charge is 0.273 e. The highest BCUT2D eigenvalue weighted by Gasteiger charge is 2.39. The predicted molar refractivity (Wildman–Crippen MR) is 125 cm³/mol. The Hall–Kier alpha value is -1.84. The van der Waals surface area contributed by atoms with Crippen LogP contribution in [0.2, 0.25) is 0 Å². The van der Waals surface area contributed by atoms with Crippen molar-refractivity contribution in [1.29, 1.82) is 0 Å². The van der Waals surface area contributed by atoms with Crippen molar-refractivity contribution in [3.63, 3.8) is 0 Å². The van der Waals surface area contributed by atoms with Gasteiger partial charge in [0, 0.05) is 36.5 Å². The summed E-state index contributed by atoms with van der Waals surface area (Å²) in [4.78, 5) is 20.3. The van der Waals surface area contributed by atoms with E-state index in [2.05, 4.69) is 4.90 Å². The number of amides is 1. The number of carbonyl (C=O) groups excluding carboxylic acids is 1. The van der Waals surface area contributed by atoms with Crippen LogP contribution < -0.4 is 0 Å². The number of halogens is 1. The Morgan fingerprint density at radius 3 is 2.24 bits per heavy atom. The number of aromatic nitrogens is 1. The fraction of sp³-hybridized carbons (Fsp3) is 0.583. The molecule has 1 saturated heterocycles. The molecule has 3 aliphatic rings. The van der Waals surface area contributed by atoms with Crippen LogP contribution >= 0.6 is 11.3 Å². The van der Waals surface area contributed by atoms with Gasteiger partial charge in [-0.3, -0.25) is 4.79 Å². The van der Waals surface area contributed by atoms with Crippen LogP contribution in [0, 0.1) is 5.82 Å². The molecule has 3 fully saturated rings. The van der Waals surface area contributed by atoms with E-state index in [0.29, 0.717) is 43.7 Å². The van der Waals surface area contributed by atoms with E-state index in [0.717, 1.165) is 30.7 Å². The maximum atomic E-state index is 13.3. The van der Waals surface area contributed by atoms with Crippen molar-refractivity contribution in [3.8, 4) is 0 Å². The van der Waals surface area contributed by atoms with Crippen molar-refractivity contribution in [1.82, 2.24) is 14.2 Å². The maximum absolute atomic E-state index is 13.3. The van der Waals surface area contributed by atoms with Crippen molar-refractivity contribution in [2.24, 2.45) is 0 Å². The SMILES string of the molecule is O=C(c1csc(C2CCN(S(=O)(=O)c3ccc(F)cc3)CC2)n1)N(C1CCCCC1)C1CC1. The summed E-state index contributed by atoms with van der Waals surface area (Å²) in [5, 5.41) is 2.81. The van der Waals surface area contributed by atoms with Gasteiger partial charge >= 0.3 is 0 Å². The summed E-state index contributed by atoms with van der Waals surface area (Å²) in [6.07, 6.45) is 9.37. The standard InChI is InChI=1S/C24H30FN3O3S2/c25-18-6-10-21(11-7-18)33(30,31)27-14-12-17(13-15-27)23-26-22(16-32-23)24(29)28(20-8-9-20)19-4-2-1-3-5-19/h6-7,10-11,16-17,19-20H,1-5,8-9,12-15H2. The summed E-state index contributed by atoms with van der Waals surface area (Å²) >= 11 is 1.52. The second kappa shape index (κ2) is 9.43. The fourth-order valence-electron chi connectivity index (χ4n) is 5.15. The van der Waals surface area contributed by atoms with E-state index in [1.807, 2.05) is 5.38 Å². The quantitative estimate of drug-likeness (QED) is 0.583. The van der Waals surface area contributed by atoms with Crippen LogP contribution in [-0.4, -0.2) is 53.7 Å². The summed E-state index contributed by atoms with van der Waals surface area (Å²) in [5.74, 6) is -0.228. The zero-order valence-electron chi connectivity index (χ0n) is 18.7. The molecular formula is C24H30FN3O3S2. The first kappa shape index (κ1) is 22.9. The van der Waals surface area contributed by atoms with Crippen molar-refractivity contribution in [2.75, 3.05) is 13.1 Å². The van der Waals surface area contributed by atoms with Gasteiger partial charge in [-0.1, -0.05) is 19.3 Å². The van der Waals surface area contributed by atoms with Gasteiger partial charge in [0.05, 0.1) is 9.90 Å². The molecule has 1 aromatic heterocycles. The number of nitrogens with zero attached hydrogens (tertiary/aromatic N) is 3. The minimum Gasteiger partial charge on any atom is -0.331 e. The van der Waals surface area contributed by atoms with Crippen LogP contribution in [0.25, 0.3) is 0 Å². The number of thiazole rings is 1. The molecule has 0 spiro atoms. The number of hydrogen-bond acceptors (Lipinski definition) is 5. The zero-order valence-corrected chi connectivity index (χ0v) is 20.3. The van der Waals surface area contributed by atoms with E-state index < -0.39 is 15.8 Å². The van der Waals surface area contributed by atoms with Crippen molar-refractivity contribution in [2.45, 2.75) is 80.7 Å². The fourth-order valence-corrected chi connectivity index (χ4v) is 7.58. The normalized spacial score (nSPS) is 21.2. The van der Waals surface area contributed by atoms with Crippen LogP contribution in [0.5, 0.6) is 0 Å². The number of sulfonamides is 1. The number of benzene rings is 1. The van der Waals surface area contributed by atoms with Gasteiger partial charge in [-0.25, -0.2) is 17.8 Å². The van der Waals surface area contributed by atoms with Crippen LogP contribution in [0.4, 0.5) is 4.39 Å². The topological polar surface area (TPSA) is 70.6 Å². The molecule has 5 rings (SSSR count). The van der Waals surface area contributed by atoms with Crippen LogP contribution in [0.1, 0.15) is 79.2 Å².